The monoisotopic (exact) mass is 780 g/mol. The van der Waals surface area contributed by atoms with Gasteiger partial charge in [-0.05, 0) is 88.6 Å². The summed E-state index contributed by atoms with van der Waals surface area (Å²) < 4.78 is 15.5. The quantitative estimate of drug-likeness (QED) is 0.174. The predicted octanol–water partition coefficient (Wildman–Crippen LogP) is 14.6. The van der Waals surface area contributed by atoms with Crippen LogP contribution in [0.4, 0.5) is 0 Å². The van der Waals surface area contributed by atoms with Gasteiger partial charge in [-0.1, -0.05) is 127 Å². The molecule has 0 aliphatic rings. The van der Waals surface area contributed by atoms with Crippen molar-refractivity contribution < 1.29 is 8.83 Å². The smallest absolute Gasteiger partial charge is 0.167 e. The zero-order valence-corrected chi connectivity index (χ0v) is 32.6. The number of benzene rings is 9. The van der Waals surface area contributed by atoms with E-state index in [0.717, 1.165) is 82.8 Å². The van der Waals surface area contributed by atoms with E-state index in [2.05, 4.69) is 150 Å². The van der Waals surface area contributed by atoms with Crippen LogP contribution in [0.2, 0.25) is 0 Å². The molecule has 284 valence electrons. The van der Waals surface area contributed by atoms with E-state index in [0.29, 0.717) is 23.1 Å². The van der Waals surface area contributed by atoms with Gasteiger partial charge in [0.05, 0.1) is 27.7 Å². The second-order valence-corrected chi connectivity index (χ2v) is 15.6. The zero-order chi connectivity index (χ0) is 40.0. The molecule has 6 nitrogen and oxygen atoms in total. The molecule has 13 rings (SSSR count). The Labute approximate surface area is 348 Å². The van der Waals surface area contributed by atoms with Gasteiger partial charge in [0.15, 0.2) is 17.5 Å². The molecule has 0 N–H and O–H groups in total. The largest absolute Gasteiger partial charge is 0.456 e. The van der Waals surface area contributed by atoms with Crippen molar-refractivity contribution in [2.24, 2.45) is 0 Å². The Morgan fingerprint density at radius 2 is 0.967 bits per heavy atom. The summed E-state index contributed by atoms with van der Waals surface area (Å²) in [4.78, 5) is 15.7. The summed E-state index contributed by atoms with van der Waals surface area (Å²) in [5.74, 6) is 1.64. The van der Waals surface area contributed by atoms with E-state index in [9.17, 15) is 0 Å². The third kappa shape index (κ3) is 5.26. The fourth-order valence-corrected chi connectivity index (χ4v) is 9.18. The molecule has 0 unspecified atom stereocenters. The summed E-state index contributed by atoms with van der Waals surface area (Å²) in [7, 11) is 0. The minimum Gasteiger partial charge on any atom is -0.456 e. The van der Waals surface area contributed by atoms with E-state index in [1.807, 2.05) is 48.5 Å². The first-order chi connectivity index (χ1) is 30.2. The number of para-hydroxylation sites is 3. The Balaban J connectivity index is 1.08. The van der Waals surface area contributed by atoms with E-state index in [1.165, 1.54) is 21.5 Å². The summed E-state index contributed by atoms with van der Waals surface area (Å²) in [6, 6.07) is 67.4. The van der Waals surface area contributed by atoms with Gasteiger partial charge < -0.3 is 13.4 Å². The Bertz CT molecular complexity index is 3900. The number of aromatic nitrogens is 4. The van der Waals surface area contributed by atoms with E-state index in [1.54, 1.807) is 0 Å². The highest BCUT2D eigenvalue weighted by atomic mass is 16.3. The summed E-state index contributed by atoms with van der Waals surface area (Å²) in [6.07, 6.45) is 0. The van der Waals surface area contributed by atoms with Gasteiger partial charge in [-0.3, -0.25) is 0 Å². The first kappa shape index (κ1) is 33.6. The van der Waals surface area contributed by atoms with E-state index in [-0.39, 0.29) is 0 Å². The highest BCUT2D eigenvalue weighted by molar-refractivity contribution is 6.18. The van der Waals surface area contributed by atoms with Crippen LogP contribution in [0, 0.1) is 0 Å². The Morgan fingerprint density at radius 1 is 0.344 bits per heavy atom. The Morgan fingerprint density at radius 3 is 1.80 bits per heavy atom. The maximum atomic E-state index is 6.91. The summed E-state index contributed by atoms with van der Waals surface area (Å²) in [6.45, 7) is 0. The number of fused-ring (bicyclic) bond motifs is 10. The molecular formula is C55H32N4O2. The van der Waals surface area contributed by atoms with Crippen LogP contribution in [0.1, 0.15) is 0 Å². The molecule has 13 aromatic rings. The van der Waals surface area contributed by atoms with Crippen molar-refractivity contribution >= 4 is 76.5 Å². The number of nitrogens with zero attached hydrogens (tertiary/aromatic N) is 4. The van der Waals surface area contributed by atoms with Crippen molar-refractivity contribution in [1.82, 2.24) is 19.5 Å². The lowest BCUT2D eigenvalue weighted by molar-refractivity contribution is 0.669. The number of rotatable bonds is 5. The van der Waals surface area contributed by atoms with Gasteiger partial charge in [0.2, 0.25) is 0 Å². The van der Waals surface area contributed by atoms with Crippen LogP contribution in [0.15, 0.2) is 203 Å². The molecule has 0 saturated heterocycles. The standard InChI is InChI=1S/C55H32N4O2/c1-2-13-33(14-3-1)34-17-12-18-37(29-34)53-56-54(38-25-28-50-44(31-38)40-20-7-10-23-48(40)60-50)58-55(57-53)42-26-27-46(51-41-21-8-11-24-49(41)61-52(42)51)59-45-22-9-6-19-39(45)43-30-35-15-4-5-16-36(35)32-47(43)59/h1-32H. The maximum absolute atomic E-state index is 6.91. The molecule has 0 radical (unpaired) electrons. The molecule has 0 aliphatic carbocycles. The van der Waals surface area contributed by atoms with Gasteiger partial charge in [-0.15, -0.1) is 0 Å². The first-order valence-electron chi connectivity index (χ1n) is 20.4. The molecule has 4 aromatic heterocycles. The molecule has 0 saturated carbocycles. The summed E-state index contributed by atoms with van der Waals surface area (Å²) >= 11 is 0. The van der Waals surface area contributed by atoms with Crippen LogP contribution in [-0.2, 0) is 0 Å². The molecule has 0 fully saturated rings. The van der Waals surface area contributed by atoms with Crippen molar-refractivity contribution in [3.63, 3.8) is 0 Å². The molecular weight excluding hydrogens is 749 g/mol. The van der Waals surface area contributed by atoms with Crippen LogP contribution < -0.4 is 0 Å². The average Bonchev–Trinajstić information content (AvgIpc) is 4.00. The van der Waals surface area contributed by atoms with Crippen LogP contribution in [0.25, 0.3) is 127 Å². The van der Waals surface area contributed by atoms with Crippen LogP contribution in [-0.4, -0.2) is 19.5 Å². The van der Waals surface area contributed by atoms with Crippen molar-refractivity contribution in [2.45, 2.75) is 0 Å². The second-order valence-electron chi connectivity index (χ2n) is 15.6. The van der Waals surface area contributed by atoms with Crippen molar-refractivity contribution in [2.75, 3.05) is 0 Å². The average molecular weight is 781 g/mol. The molecule has 0 amide bonds. The first-order valence-corrected chi connectivity index (χ1v) is 20.4. The van der Waals surface area contributed by atoms with Gasteiger partial charge in [-0.2, -0.15) is 0 Å². The van der Waals surface area contributed by atoms with Crippen LogP contribution in [0.5, 0.6) is 0 Å². The SMILES string of the molecule is c1ccc(-c2cccc(-c3nc(-c4ccc5oc6ccccc6c5c4)nc(-c4ccc(-n5c6ccccc6c6cc7ccccc7cc65)c5c4oc4ccccc45)n3)c2)cc1. The van der Waals surface area contributed by atoms with E-state index < -0.39 is 0 Å². The van der Waals surface area contributed by atoms with E-state index >= 15 is 0 Å². The molecule has 0 bridgehead atoms. The van der Waals surface area contributed by atoms with Crippen LogP contribution >= 0.6 is 0 Å². The van der Waals surface area contributed by atoms with Crippen molar-refractivity contribution in [1.29, 1.82) is 0 Å². The van der Waals surface area contributed by atoms with Gasteiger partial charge in [-0.25, -0.2) is 15.0 Å². The zero-order valence-electron chi connectivity index (χ0n) is 32.6. The highest BCUT2D eigenvalue weighted by Gasteiger charge is 2.23. The third-order valence-electron chi connectivity index (χ3n) is 12.0. The Kier molecular flexibility index (Phi) is 7.21. The molecule has 0 spiro atoms. The lowest BCUT2D eigenvalue weighted by Gasteiger charge is -2.13. The summed E-state index contributed by atoms with van der Waals surface area (Å²) in [5.41, 5.74) is 11.1. The van der Waals surface area contributed by atoms with Gasteiger partial charge in [0, 0.05) is 38.1 Å². The number of furan rings is 2. The van der Waals surface area contributed by atoms with Gasteiger partial charge >= 0.3 is 0 Å². The topological polar surface area (TPSA) is 69.9 Å². The normalized spacial score (nSPS) is 11.9. The predicted molar refractivity (Wildman–Crippen MR) is 248 cm³/mol. The van der Waals surface area contributed by atoms with Crippen molar-refractivity contribution in [3.8, 4) is 51.0 Å². The minimum atomic E-state index is 0.520. The van der Waals surface area contributed by atoms with Crippen LogP contribution in [0.3, 0.4) is 0 Å². The Hall–Kier alpha value is -8.35. The van der Waals surface area contributed by atoms with E-state index in [4.69, 9.17) is 23.8 Å². The molecule has 61 heavy (non-hydrogen) atoms. The molecule has 6 heteroatoms. The van der Waals surface area contributed by atoms with Gasteiger partial charge in [0.1, 0.15) is 22.3 Å². The fraction of sp³-hybridized carbons (Fsp3) is 0. The lowest BCUT2D eigenvalue weighted by Crippen LogP contribution is -2.01. The molecule has 0 atom stereocenters. The third-order valence-corrected chi connectivity index (χ3v) is 12.0. The molecule has 0 aliphatic heterocycles. The minimum absolute atomic E-state index is 0.520. The number of hydrogen-bond acceptors (Lipinski definition) is 5. The lowest BCUT2D eigenvalue weighted by atomic mass is 10.0. The van der Waals surface area contributed by atoms with Gasteiger partial charge in [0.25, 0.3) is 0 Å². The number of hydrogen-bond donors (Lipinski definition) is 0. The fourth-order valence-electron chi connectivity index (χ4n) is 9.18. The second kappa shape index (κ2) is 13.1. The van der Waals surface area contributed by atoms with Crippen molar-refractivity contribution in [3.05, 3.63) is 194 Å². The maximum Gasteiger partial charge on any atom is 0.167 e. The summed E-state index contributed by atoms with van der Waals surface area (Å²) in [5, 5.41) is 8.85. The molecule has 4 heterocycles. The molecule has 9 aromatic carbocycles. The highest BCUT2D eigenvalue weighted by Crippen LogP contribution is 2.43.